The molecule has 0 aliphatic rings. The number of aliphatic carboxylic acids is 1. The number of thiophene rings is 1. The second-order valence-corrected chi connectivity index (χ2v) is 6.24. The van der Waals surface area contributed by atoms with Crippen molar-refractivity contribution in [2.45, 2.75) is 13.0 Å². The summed E-state index contributed by atoms with van der Waals surface area (Å²) in [6.45, 7) is 0.331. The average Bonchev–Trinajstić information content (AvgIpc) is 3.08. The Morgan fingerprint density at radius 2 is 2.00 bits per heavy atom. The fraction of sp³-hybridized carbons (Fsp3) is 0.222. The van der Waals surface area contributed by atoms with Crippen molar-refractivity contribution in [1.29, 1.82) is 0 Å². The predicted octanol–water partition coefficient (Wildman–Crippen LogP) is 2.88. The van der Waals surface area contributed by atoms with E-state index in [2.05, 4.69) is 5.32 Å². The van der Waals surface area contributed by atoms with Gasteiger partial charge >= 0.3 is 5.97 Å². The highest BCUT2D eigenvalue weighted by Gasteiger charge is 2.11. The minimum Gasteiger partial charge on any atom is -0.497 e. The highest BCUT2D eigenvalue weighted by molar-refractivity contribution is 7.14. The number of methoxy groups -OCH3 is 2. The largest absolute Gasteiger partial charge is 0.497 e. The molecule has 0 radical (unpaired) electrons. The first kappa shape index (κ1) is 18.5. The number of ether oxygens (including phenoxy) is 2. The second kappa shape index (κ2) is 8.89. The van der Waals surface area contributed by atoms with Gasteiger partial charge in [-0.3, -0.25) is 4.79 Å². The number of hydrogen-bond donors (Lipinski definition) is 2. The Balaban J connectivity index is 1.96. The third-order valence-corrected chi connectivity index (χ3v) is 4.50. The van der Waals surface area contributed by atoms with Crippen LogP contribution in [0.2, 0.25) is 0 Å². The van der Waals surface area contributed by atoms with Gasteiger partial charge in [-0.05, 0) is 24.3 Å². The van der Waals surface area contributed by atoms with Crippen LogP contribution < -0.4 is 14.8 Å². The topological polar surface area (TPSA) is 84.9 Å². The SMILES string of the molecule is COc1ccc(CNC(=O)c2ccc(C/C=C/C(=O)O)s2)c(OC)c1. The van der Waals surface area contributed by atoms with Crippen LogP contribution in [0.5, 0.6) is 11.5 Å². The molecule has 0 saturated carbocycles. The van der Waals surface area contributed by atoms with E-state index >= 15 is 0 Å². The monoisotopic (exact) mass is 361 g/mol. The molecular formula is C18H19NO5S. The summed E-state index contributed by atoms with van der Waals surface area (Å²) in [5, 5.41) is 11.4. The lowest BCUT2D eigenvalue weighted by atomic mass is 10.2. The third kappa shape index (κ3) is 5.36. The van der Waals surface area contributed by atoms with Crippen molar-refractivity contribution in [2.75, 3.05) is 14.2 Å². The van der Waals surface area contributed by atoms with Crippen molar-refractivity contribution in [1.82, 2.24) is 5.32 Å². The van der Waals surface area contributed by atoms with Crippen LogP contribution >= 0.6 is 11.3 Å². The van der Waals surface area contributed by atoms with E-state index in [0.717, 1.165) is 16.5 Å². The van der Waals surface area contributed by atoms with Crippen molar-refractivity contribution in [2.24, 2.45) is 0 Å². The summed E-state index contributed by atoms with van der Waals surface area (Å²) >= 11 is 1.34. The summed E-state index contributed by atoms with van der Waals surface area (Å²) in [5.74, 6) is 0.161. The van der Waals surface area contributed by atoms with Crippen LogP contribution in [0.3, 0.4) is 0 Å². The summed E-state index contributed by atoms with van der Waals surface area (Å²) < 4.78 is 10.5. The van der Waals surface area contributed by atoms with Gasteiger partial charge in [0, 0.05) is 35.5 Å². The first-order chi connectivity index (χ1) is 12.0. The van der Waals surface area contributed by atoms with Gasteiger partial charge in [0.15, 0.2) is 0 Å². The lowest BCUT2D eigenvalue weighted by Gasteiger charge is -2.11. The van der Waals surface area contributed by atoms with Gasteiger partial charge in [-0.2, -0.15) is 0 Å². The molecular weight excluding hydrogens is 342 g/mol. The maximum Gasteiger partial charge on any atom is 0.327 e. The summed E-state index contributed by atoms with van der Waals surface area (Å²) in [6.07, 6.45) is 3.13. The van der Waals surface area contributed by atoms with Crippen molar-refractivity contribution in [3.8, 4) is 11.5 Å². The zero-order valence-electron chi connectivity index (χ0n) is 13.9. The fourth-order valence-electron chi connectivity index (χ4n) is 2.15. The van der Waals surface area contributed by atoms with Gasteiger partial charge in [0.25, 0.3) is 5.91 Å². The van der Waals surface area contributed by atoms with E-state index in [0.29, 0.717) is 29.3 Å². The number of rotatable bonds is 8. The number of nitrogens with one attached hydrogen (secondary N) is 1. The van der Waals surface area contributed by atoms with Gasteiger partial charge < -0.3 is 19.9 Å². The molecule has 2 aromatic rings. The molecule has 6 nitrogen and oxygen atoms in total. The third-order valence-electron chi connectivity index (χ3n) is 3.40. The number of carbonyl (C=O) groups excluding carboxylic acids is 1. The minimum absolute atomic E-state index is 0.184. The number of benzene rings is 1. The Kier molecular flexibility index (Phi) is 6.59. The summed E-state index contributed by atoms with van der Waals surface area (Å²) in [7, 11) is 3.15. The number of hydrogen-bond acceptors (Lipinski definition) is 5. The summed E-state index contributed by atoms with van der Waals surface area (Å²) in [6, 6.07) is 8.96. The van der Waals surface area contributed by atoms with Crippen LogP contribution in [-0.2, 0) is 17.8 Å². The number of carboxylic acids is 1. The lowest BCUT2D eigenvalue weighted by Crippen LogP contribution is -2.22. The van der Waals surface area contributed by atoms with Crippen LogP contribution in [0.15, 0.2) is 42.5 Å². The van der Waals surface area contributed by atoms with Gasteiger partial charge in [0.05, 0.1) is 19.1 Å². The van der Waals surface area contributed by atoms with Crippen LogP contribution in [0, 0.1) is 0 Å². The Morgan fingerprint density at radius 3 is 2.68 bits per heavy atom. The number of carboxylic acid groups (broad SMARTS) is 1. The Labute approximate surface area is 149 Å². The van der Waals surface area contributed by atoms with Crippen LogP contribution in [0.1, 0.15) is 20.1 Å². The lowest BCUT2D eigenvalue weighted by molar-refractivity contribution is -0.131. The van der Waals surface area contributed by atoms with E-state index in [4.69, 9.17) is 14.6 Å². The van der Waals surface area contributed by atoms with Gasteiger partial charge in [-0.25, -0.2) is 4.79 Å². The highest BCUT2D eigenvalue weighted by Crippen LogP contribution is 2.24. The maximum atomic E-state index is 12.3. The molecule has 132 valence electrons. The Morgan fingerprint density at radius 1 is 1.20 bits per heavy atom. The smallest absolute Gasteiger partial charge is 0.327 e. The van der Waals surface area contributed by atoms with E-state index in [9.17, 15) is 9.59 Å². The van der Waals surface area contributed by atoms with E-state index in [1.54, 1.807) is 32.4 Å². The maximum absolute atomic E-state index is 12.3. The van der Waals surface area contributed by atoms with Gasteiger partial charge in [0.2, 0.25) is 0 Å². The molecule has 1 aromatic heterocycles. The molecule has 0 spiro atoms. The average molecular weight is 361 g/mol. The molecule has 0 atom stereocenters. The standard InChI is InChI=1S/C18H19NO5S/c1-23-13-7-6-12(15(10-13)24-2)11-19-18(22)16-9-8-14(25-16)4-3-5-17(20)21/h3,5-10H,4,11H2,1-2H3,(H,19,22)(H,20,21)/b5-3+. The van der Waals surface area contributed by atoms with E-state index in [1.165, 1.54) is 11.3 Å². The molecule has 0 unspecified atom stereocenters. The zero-order valence-corrected chi connectivity index (χ0v) is 14.8. The quantitative estimate of drug-likeness (QED) is 0.706. The first-order valence-corrected chi connectivity index (χ1v) is 8.32. The predicted molar refractivity (Wildman–Crippen MR) is 95.5 cm³/mol. The molecule has 0 saturated heterocycles. The molecule has 0 aliphatic heterocycles. The molecule has 0 fully saturated rings. The van der Waals surface area contributed by atoms with E-state index < -0.39 is 5.97 Å². The molecule has 25 heavy (non-hydrogen) atoms. The second-order valence-electron chi connectivity index (χ2n) is 5.07. The highest BCUT2D eigenvalue weighted by atomic mass is 32.1. The van der Waals surface area contributed by atoms with E-state index in [-0.39, 0.29) is 5.91 Å². The van der Waals surface area contributed by atoms with Gasteiger partial charge in [-0.1, -0.05) is 6.08 Å². The molecule has 1 amide bonds. The molecule has 2 rings (SSSR count). The Bertz CT molecular complexity index is 782. The van der Waals surface area contributed by atoms with Gasteiger partial charge in [0.1, 0.15) is 11.5 Å². The molecule has 0 bridgehead atoms. The van der Waals surface area contributed by atoms with Crippen LogP contribution in [-0.4, -0.2) is 31.2 Å². The first-order valence-electron chi connectivity index (χ1n) is 7.50. The number of amides is 1. The molecule has 1 heterocycles. The van der Waals surface area contributed by atoms with Crippen LogP contribution in [0.4, 0.5) is 0 Å². The normalized spacial score (nSPS) is 10.6. The molecule has 2 N–H and O–H groups in total. The molecule has 0 aliphatic carbocycles. The van der Waals surface area contributed by atoms with Crippen molar-refractivity contribution >= 4 is 23.2 Å². The van der Waals surface area contributed by atoms with E-state index in [1.807, 2.05) is 18.2 Å². The minimum atomic E-state index is -0.983. The summed E-state index contributed by atoms with van der Waals surface area (Å²) in [4.78, 5) is 24.2. The summed E-state index contributed by atoms with van der Waals surface area (Å²) in [5.41, 5.74) is 0.845. The molecule has 7 heteroatoms. The van der Waals surface area contributed by atoms with Crippen molar-refractivity contribution in [3.05, 3.63) is 57.8 Å². The fourth-order valence-corrected chi connectivity index (χ4v) is 3.05. The van der Waals surface area contributed by atoms with Crippen molar-refractivity contribution in [3.63, 3.8) is 0 Å². The Hall–Kier alpha value is -2.80. The van der Waals surface area contributed by atoms with Gasteiger partial charge in [-0.15, -0.1) is 11.3 Å². The molecule has 1 aromatic carbocycles. The number of allylic oxidation sites excluding steroid dienone is 1. The zero-order chi connectivity index (χ0) is 18.2. The number of carbonyl (C=O) groups is 2. The van der Waals surface area contributed by atoms with Crippen LogP contribution in [0.25, 0.3) is 0 Å². The van der Waals surface area contributed by atoms with Crippen molar-refractivity contribution < 1.29 is 24.2 Å².